The van der Waals surface area contributed by atoms with Gasteiger partial charge in [0.05, 0.1) is 17.4 Å². The predicted octanol–water partition coefficient (Wildman–Crippen LogP) is 0.603. The molecule has 0 fully saturated rings. The topological polar surface area (TPSA) is 36.4 Å². The Hall–Kier alpha value is -1.58. The number of aromatic nitrogens is 1. The second-order valence-corrected chi connectivity index (χ2v) is 3.54. The number of pyridine rings is 1. The van der Waals surface area contributed by atoms with Crippen molar-refractivity contribution in [3.05, 3.63) is 24.0 Å². The minimum absolute atomic E-state index is 0.0757. The Kier molecular flexibility index (Phi) is 2.11. The quantitative estimate of drug-likeness (QED) is 0.602. The molecule has 1 aromatic heterocycles. The number of likely N-dealkylation sites (N-methyl/N-ethyl adjacent to an activating group) is 2. The average molecular weight is 191 g/mol. The van der Waals surface area contributed by atoms with Crippen molar-refractivity contribution in [2.75, 3.05) is 32.1 Å². The lowest BCUT2D eigenvalue weighted by Gasteiger charge is -2.17. The number of fused-ring (bicyclic) bond motifs is 1. The van der Waals surface area contributed by atoms with E-state index in [1.807, 2.05) is 14.1 Å². The molecule has 1 amide bonds. The molecule has 4 heteroatoms. The van der Waals surface area contributed by atoms with Crippen molar-refractivity contribution >= 4 is 11.6 Å². The van der Waals surface area contributed by atoms with Crippen molar-refractivity contribution in [1.29, 1.82) is 0 Å². The van der Waals surface area contributed by atoms with Gasteiger partial charge in [0.1, 0.15) is 0 Å². The molecule has 1 aliphatic rings. The molecule has 0 bridgehead atoms. The van der Waals surface area contributed by atoms with Crippen LogP contribution in [0.3, 0.4) is 0 Å². The number of amides is 1. The molecule has 14 heavy (non-hydrogen) atoms. The van der Waals surface area contributed by atoms with E-state index in [-0.39, 0.29) is 5.91 Å². The zero-order valence-electron chi connectivity index (χ0n) is 8.40. The maximum atomic E-state index is 11.9. The van der Waals surface area contributed by atoms with Gasteiger partial charge in [-0.15, -0.1) is 0 Å². The fourth-order valence-electron chi connectivity index (χ4n) is 1.60. The van der Waals surface area contributed by atoms with Crippen LogP contribution >= 0.6 is 0 Å². The lowest BCUT2D eigenvalue weighted by Crippen LogP contribution is -2.29. The summed E-state index contributed by atoms with van der Waals surface area (Å²) in [7, 11) is 3.80. The summed E-state index contributed by atoms with van der Waals surface area (Å²) in [6, 6.07) is 1.77. The molecule has 0 saturated carbocycles. The molecule has 0 atom stereocenters. The summed E-state index contributed by atoms with van der Waals surface area (Å²) in [6.07, 6.45) is 3.40. The second kappa shape index (κ2) is 3.29. The first-order valence-corrected chi connectivity index (χ1v) is 4.61. The van der Waals surface area contributed by atoms with Gasteiger partial charge >= 0.3 is 0 Å². The summed E-state index contributed by atoms with van der Waals surface area (Å²) in [5.41, 5.74) is 1.66. The maximum Gasteiger partial charge on any atom is 0.255 e. The number of hydrogen-bond acceptors (Lipinski definition) is 3. The van der Waals surface area contributed by atoms with Gasteiger partial charge in [-0.25, -0.2) is 0 Å². The van der Waals surface area contributed by atoms with Crippen LogP contribution in [0.25, 0.3) is 0 Å². The first kappa shape index (κ1) is 8.99. The molecule has 0 aliphatic carbocycles. The summed E-state index contributed by atoms with van der Waals surface area (Å²) >= 11 is 0. The lowest BCUT2D eigenvalue weighted by atomic mass is 10.2. The van der Waals surface area contributed by atoms with E-state index in [1.54, 1.807) is 23.4 Å². The molecule has 2 rings (SSSR count). The zero-order valence-corrected chi connectivity index (χ0v) is 8.40. The highest BCUT2D eigenvalue weighted by Crippen LogP contribution is 2.21. The normalized spacial score (nSPS) is 16.6. The van der Waals surface area contributed by atoms with E-state index >= 15 is 0 Å². The largest absolute Gasteiger partial charge is 0.371 e. The van der Waals surface area contributed by atoms with Crippen molar-refractivity contribution in [2.24, 2.45) is 0 Å². The van der Waals surface area contributed by atoms with E-state index in [2.05, 4.69) is 9.88 Å². The van der Waals surface area contributed by atoms with Crippen molar-refractivity contribution in [3.8, 4) is 0 Å². The molecule has 4 nitrogen and oxygen atoms in total. The molecule has 0 aromatic carbocycles. The summed E-state index contributed by atoms with van der Waals surface area (Å²) in [6.45, 7) is 1.60. The van der Waals surface area contributed by atoms with Crippen molar-refractivity contribution < 1.29 is 4.79 Å². The molecule has 0 saturated heterocycles. The van der Waals surface area contributed by atoms with Gasteiger partial charge in [0, 0.05) is 33.4 Å². The van der Waals surface area contributed by atoms with Crippen molar-refractivity contribution in [3.63, 3.8) is 0 Å². The van der Waals surface area contributed by atoms with Crippen LogP contribution in [0, 0.1) is 0 Å². The zero-order chi connectivity index (χ0) is 10.1. The SMILES string of the molecule is CN1CCN(C)c2cnccc2C1=O. The molecule has 0 N–H and O–H groups in total. The van der Waals surface area contributed by atoms with Gasteiger partial charge in [0.25, 0.3) is 5.91 Å². The Bertz CT molecular complexity index is 364. The van der Waals surface area contributed by atoms with Gasteiger partial charge in [0.15, 0.2) is 0 Å². The highest BCUT2D eigenvalue weighted by Gasteiger charge is 2.21. The fourth-order valence-corrected chi connectivity index (χ4v) is 1.60. The monoisotopic (exact) mass is 191 g/mol. The Morgan fingerprint density at radius 3 is 2.79 bits per heavy atom. The van der Waals surface area contributed by atoms with Crippen LogP contribution in [0.2, 0.25) is 0 Å². The third-order valence-corrected chi connectivity index (χ3v) is 2.56. The van der Waals surface area contributed by atoms with E-state index in [0.717, 1.165) is 24.3 Å². The highest BCUT2D eigenvalue weighted by molar-refractivity contribution is 6.00. The third kappa shape index (κ3) is 1.32. The lowest BCUT2D eigenvalue weighted by molar-refractivity contribution is 0.0805. The number of anilines is 1. The van der Waals surface area contributed by atoms with E-state index < -0.39 is 0 Å². The van der Waals surface area contributed by atoms with Gasteiger partial charge in [-0.2, -0.15) is 0 Å². The minimum atomic E-state index is 0.0757. The Balaban J connectivity index is 2.51. The van der Waals surface area contributed by atoms with Crippen LogP contribution in [0.1, 0.15) is 10.4 Å². The predicted molar refractivity (Wildman–Crippen MR) is 54.5 cm³/mol. The molecule has 0 radical (unpaired) electrons. The third-order valence-electron chi connectivity index (χ3n) is 2.56. The Morgan fingerprint density at radius 2 is 2.00 bits per heavy atom. The van der Waals surface area contributed by atoms with Gasteiger partial charge in [-0.1, -0.05) is 0 Å². The number of hydrogen-bond donors (Lipinski definition) is 0. The maximum absolute atomic E-state index is 11.9. The molecule has 0 unspecified atom stereocenters. The van der Waals surface area contributed by atoms with Crippen LogP contribution in [-0.4, -0.2) is 43.0 Å². The van der Waals surface area contributed by atoms with Gasteiger partial charge in [0.2, 0.25) is 0 Å². The van der Waals surface area contributed by atoms with Crippen LogP contribution in [0.15, 0.2) is 18.5 Å². The number of rotatable bonds is 0. The molecular formula is C10H13N3O. The first-order valence-electron chi connectivity index (χ1n) is 4.61. The highest BCUT2D eigenvalue weighted by atomic mass is 16.2. The summed E-state index contributed by atoms with van der Waals surface area (Å²) in [5, 5.41) is 0. The van der Waals surface area contributed by atoms with Crippen molar-refractivity contribution in [1.82, 2.24) is 9.88 Å². The van der Waals surface area contributed by atoms with Crippen molar-refractivity contribution in [2.45, 2.75) is 0 Å². The Labute approximate surface area is 83.2 Å². The minimum Gasteiger partial charge on any atom is -0.371 e. The number of nitrogens with zero attached hydrogens (tertiary/aromatic N) is 3. The van der Waals surface area contributed by atoms with Crippen LogP contribution < -0.4 is 4.90 Å². The van der Waals surface area contributed by atoms with Crippen LogP contribution in [-0.2, 0) is 0 Å². The summed E-state index contributed by atoms with van der Waals surface area (Å²) in [4.78, 5) is 19.7. The fraction of sp³-hybridized carbons (Fsp3) is 0.400. The first-order chi connectivity index (χ1) is 6.70. The smallest absolute Gasteiger partial charge is 0.255 e. The standard InChI is InChI=1S/C10H13N3O/c1-12-5-6-13(2)10(14)8-3-4-11-7-9(8)12/h3-4,7H,5-6H2,1-2H3. The molecule has 74 valence electrons. The molecule has 2 heterocycles. The average Bonchev–Trinajstić information content (AvgIpc) is 2.33. The summed E-state index contributed by atoms with van der Waals surface area (Å²) < 4.78 is 0. The van der Waals surface area contributed by atoms with Crippen LogP contribution in [0.4, 0.5) is 5.69 Å². The van der Waals surface area contributed by atoms with E-state index in [4.69, 9.17) is 0 Å². The van der Waals surface area contributed by atoms with Gasteiger partial charge < -0.3 is 9.80 Å². The molecular weight excluding hydrogens is 178 g/mol. The summed E-state index contributed by atoms with van der Waals surface area (Å²) in [5.74, 6) is 0.0757. The second-order valence-electron chi connectivity index (χ2n) is 3.54. The number of carbonyl (C=O) groups is 1. The van der Waals surface area contributed by atoms with E-state index in [9.17, 15) is 4.79 Å². The molecule has 0 spiro atoms. The number of carbonyl (C=O) groups excluding carboxylic acids is 1. The molecule has 1 aromatic rings. The van der Waals surface area contributed by atoms with E-state index in [1.165, 1.54) is 0 Å². The molecule has 1 aliphatic heterocycles. The van der Waals surface area contributed by atoms with Gasteiger partial charge in [-0.05, 0) is 6.07 Å². The Morgan fingerprint density at radius 1 is 1.29 bits per heavy atom. The van der Waals surface area contributed by atoms with E-state index in [0.29, 0.717) is 0 Å². The van der Waals surface area contributed by atoms with Gasteiger partial charge in [-0.3, -0.25) is 9.78 Å². The van der Waals surface area contributed by atoms with Crippen LogP contribution in [0.5, 0.6) is 0 Å².